The van der Waals surface area contributed by atoms with E-state index in [0.717, 1.165) is 38.5 Å². The van der Waals surface area contributed by atoms with Crippen molar-refractivity contribution in [3.05, 3.63) is 11.6 Å². The zero-order valence-electron chi connectivity index (χ0n) is 23.1. The summed E-state index contributed by atoms with van der Waals surface area (Å²) in [4.78, 5) is 25.7. The lowest BCUT2D eigenvalue weighted by molar-refractivity contribution is -0.185. The van der Waals surface area contributed by atoms with E-state index >= 15 is 0 Å². The molecule has 8 atom stereocenters. The van der Waals surface area contributed by atoms with Gasteiger partial charge in [0.05, 0.1) is 12.5 Å². The fourth-order valence-electron chi connectivity index (χ4n) is 10.6. The average Bonchev–Trinajstić information content (AvgIpc) is 2.77. The highest BCUT2D eigenvalue weighted by atomic mass is 16.5. The molecule has 0 radical (unpaired) electrons. The maximum absolute atomic E-state index is 12.9. The number of carbonyl (C=O) groups excluding carboxylic acids is 2. The van der Waals surface area contributed by atoms with Crippen LogP contribution >= 0.6 is 0 Å². The minimum Gasteiger partial charge on any atom is -0.469 e. The first-order valence-corrected chi connectivity index (χ1v) is 14.0. The van der Waals surface area contributed by atoms with Gasteiger partial charge in [-0.25, -0.2) is 0 Å². The number of hydrogen-bond acceptors (Lipinski definition) is 3. The van der Waals surface area contributed by atoms with Gasteiger partial charge in [0.25, 0.3) is 0 Å². The minimum atomic E-state index is -0.368. The Kier molecular flexibility index (Phi) is 5.22. The Morgan fingerprint density at radius 3 is 2.26 bits per heavy atom. The number of esters is 1. The molecule has 5 rings (SSSR count). The van der Waals surface area contributed by atoms with Crippen molar-refractivity contribution in [3.8, 4) is 0 Å². The second kappa shape index (κ2) is 7.22. The molecule has 0 heterocycles. The van der Waals surface area contributed by atoms with E-state index in [1.54, 1.807) is 12.7 Å². The number of carbonyl (C=O) groups is 2. The maximum Gasteiger partial charge on any atom is 0.311 e. The first kappa shape index (κ1) is 24.6. The molecular formula is C31H48O3. The predicted octanol–water partition coefficient (Wildman–Crippen LogP) is 7.53. The number of ketones is 1. The Hall–Kier alpha value is -1.12. The molecule has 0 spiro atoms. The van der Waals surface area contributed by atoms with Crippen LogP contribution in [-0.4, -0.2) is 18.9 Å². The standard InChI is InChI=1S/C31H48O3/c1-26(2)22-11-14-31(7)23(29(22,5)13-12-24(26)32)10-9-20-21-19-28(4,25(33)34-8)16-15-27(21,3)17-18-30(20,31)6/h9,21-23H,10-19H2,1-8H3/t21-,22?,23?,27+,28-,29-,30+,31+/m0/s1. The number of rotatable bonds is 1. The summed E-state index contributed by atoms with van der Waals surface area (Å²) >= 11 is 0. The molecule has 5 aliphatic rings. The fourth-order valence-corrected chi connectivity index (χ4v) is 10.6. The van der Waals surface area contributed by atoms with E-state index in [1.807, 2.05) is 0 Å². The molecule has 190 valence electrons. The second-order valence-electron chi connectivity index (χ2n) is 14.9. The first-order valence-electron chi connectivity index (χ1n) is 14.0. The number of fused-ring (bicyclic) bond motifs is 7. The molecule has 0 aliphatic heterocycles. The fraction of sp³-hybridized carbons (Fsp3) is 0.871. The highest BCUT2D eigenvalue weighted by Crippen LogP contribution is 2.75. The van der Waals surface area contributed by atoms with Crippen LogP contribution in [0.25, 0.3) is 0 Å². The lowest BCUT2D eigenvalue weighted by Crippen LogP contribution is -2.64. The van der Waals surface area contributed by atoms with Crippen molar-refractivity contribution in [3.63, 3.8) is 0 Å². The summed E-state index contributed by atoms with van der Waals surface area (Å²) in [6.07, 6.45) is 13.5. The molecule has 4 saturated carbocycles. The SMILES string of the molecule is COC(=O)[C@@]1(C)CC[C@]2(C)CC[C@]3(C)C(=CCC4[C@@]5(C)CCC(=O)C(C)(C)C5CC[C@]43C)[C@@H]2C1. The van der Waals surface area contributed by atoms with Gasteiger partial charge in [-0.1, -0.05) is 53.2 Å². The van der Waals surface area contributed by atoms with Crippen LogP contribution in [0.15, 0.2) is 11.6 Å². The lowest BCUT2D eigenvalue weighted by Gasteiger charge is -2.70. The third-order valence-electron chi connectivity index (χ3n) is 13.3. The van der Waals surface area contributed by atoms with E-state index in [0.29, 0.717) is 29.0 Å². The van der Waals surface area contributed by atoms with Gasteiger partial charge in [-0.15, -0.1) is 0 Å². The normalized spacial score (nSPS) is 51.8. The third kappa shape index (κ3) is 2.88. The maximum atomic E-state index is 12.9. The van der Waals surface area contributed by atoms with Crippen molar-refractivity contribution in [1.29, 1.82) is 0 Å². The van der Waals surface area contributed by atoms with Crippen LogP contribution in [0.1, 0.15) is 113 Å². The summed E-state index contributed by atoms with van der Waals surface area (Å²) in [5.74, 6) is 2.04. The van der Waals surface area contributed by atoms with E-state index in [-0.39, 0.29) is 33.0 Å². The van der Waals surface area contributed by atoms with Gasteiger partial charge < -0.3 is 4.74 Å². The Morgan fingerprint density at radius 1 is 0.912 bits per heavy atom. The zero-order valence-corrected chi connectivity index (χ0v) is 23.1. The molecule has 3 heteroatoms. The molecule has 2 unspecified atom stereocenters. The van der Waals surface area contributed by atoms with Gasteiger partial charge in [-0.2, -0.15) is 0 Å². The average molecular weight is 469 g/mol. The van der Waals surface area contributed by atoms with E-state index < -0.39 is 0 Å². The molecule has 3 nitrogen and oxygen atoms in total. The van der Waals surface area contributed by atoms with Crippen molar-refractivity contribution >= 4 is 11.8 Å². The van der Waals surface area contributed by atoms with Crippen molar-refractivity contribution in [1.82, 2.24) is 0 Å². The molecule has 0 aromatic heterocycles. The second-order valence-corrected chi connectivity index (χ2v) is 14.9. The number of allylic oxidation sites excluding steroid dienone is 2. The van der Waals surface area contributed by atoms with E-state index in [4.69, 9.17) is 4.74 Å². The summed E-state index contributed by atoms with van der Waals surface area (Å²) in [6, 6.07) is 0. The Morgan fingerprint density at radius 2 is 1.59 bits per heavy atom. The Bertz CT molecular complexity index is 946. The van der Waals surface area contributed by atoms with Gasteiger partial charge in [0.1, 0.15) is 5.78 Å². The van der Waals surface area contributed by atoms with Crippen LogP contribution in [0.4, 0.5) is 0 Å². The Labute approximate surface area is 207 Å². The van der Waals surface area contributed by atoms with Crippen LogP contribution in [0.2, 0.25) is 0 Å². The number of ether oxygens (including phenoxy) is 1. The van der Waals surface area contributed by atoms with Crippen molar-refractivity contribution < 1.29 is 14.3 Å². The highest BCUT2D eigenvalue weighted by Gasteiger charge is 2.68. The quantitative estimate of drug-likeness (QED) is 0.295. The minimum absolute atomic E-state index is 0.0237. The van der Waals surface area contributed by atoms with E-state index in [9.17, 15) is 9.59 Å². The molecule has 34 heavy (non-hydrogen) atoms. The molecule has 0 aromatic carbocycles. The molecular weight excluding hydrogens is 420 g/mol. The van der Waals surface area contributed by atoms with Crippen molar-refractivity contribution in [2.75, 3.05) is 7.11 Å². The number of hydrogen-bond donors (Lipinski definition) is 0. The zero-order chi connectivity index (χ0) is 24.9. The van der Waals surface area contributed by atoms with Crippen LogP contribution in [0, 0.1) is 50.2 Å². The summed E-state index contributed by atoms with van der Waals surface area (Å²) in [6.45, 7) is 16.8. The summed E-state index contributed by atoms with van der Waals surface area (Å²) in [7, 11) is 1.55. The first-order chi connectivity index (χ1) is 15.7. The monoisotopic (exact) mass is 468 g/mol. The van der Waals surface area contributed by atoms with E-state index in [1.165, 1.54) is 25.7 Å². The molecule has 0 amide bonds. The van der Waals surface area contributed by atoms with Crippen LogP contribution < -0.4 is 0 Å². The van der Waals surface area contributed by atoms with Crippen LogP contribution in [-0.2, 0) is 14.3 Å². The summed E-state index contributed by atoms with van der Waals surface area (Å²) in [5.41, 5.74) is 2.05. The molecule has 4 fully saturated rings. The van der Waals surface area contributed by atoms with Crippen molar-refractivity contribution in [2.24, 2.45) is 50.2 Å². The van der Waals surface area contributed by atoms with Crippen molar-refractivity contribution in [2.45, 2.75) is 113 Å². The number of methoxy groups -OCH3 is 1. The Balaban J connectivity index is 1.56. The molecule has 0 bridgehead atoms. The summed E-state index contributed by atoms with van der Waals surface area (Å²) < 4.78 is 5.29. The predicted molar refractivity (Wildman–Crippen MR) is 136 cm³/mol. The molecule has 0 N–H and O–H groups in total. The van der Waals surface area contributed by atoms with Gasteiger partial charge >= 0.3 is 5.97 Å². The van der Waals surface area contributed by atoms with Crippen LogP contribution in [0.5, 0.6) is 0 Å². The van der Waals surface area contributed by atoms with Gasteiger partial charge in [0, 0.05) is 11.8 Å². The van der Waals surface area contributed by atoms with Gasteiger partial charge in [0.15, 0.2) is 0 Å². The third-order valence-corrected chi connectivity index (χ3v) is 13.3. The van der Waals surface area contributed by atoms with Gasteiger partial charge in [-0.05, 0) is 104 Å². The lowest BCUT2D eigenvalue weighted by atomic mass is 9.33. The van der Waals surface area contributed by atoms with E-state index in [2.05, 4.69) is 54.5 Å². The summed E-state index contributed by atoms with van der Waals surface area (Å²) in [5, 5.41) is 0. The molecule has 0 aromatic rings. The highest BCUT2D eigenvalue weighted by molar-refractivity contribution is 5.85. The topological polar surface area (TPSA) is 43.4 Å². The largest absolute Gasteiger partial charge is 0.469 e. The molecule has 0 saturated heterocycles. The van der Waals surface area contributed by atoms with Crippen LogP contribution in [0.3, 0.4) is 0 Å². The molecule has 5 aliphatic carbocycles. The van der Waals surface area contributed by atoms with Gasteiger partial charge in [0.2, 0.25) is 0 Å². The smallest absolute Gasteiger partial charge is 0.311 e. The number of Topliss-reactive ketones (excluding diaryl/α,β-unsaturated/α-hetero) is 1. The van der Waals surface area contributed by atoms with Gasteiger partial charge in [-0.3, -0.25) is 9.59 Å².